The molecule has 0 amide bonds. The van der Waals surface area contributed by atoms with Crippen molar-refractivity contribution >= 4 is 5.97 Å². The molecule has 0 aromatic carbocycles. The van der Waals surface area contributed by atoms with E-state index in [4.69, 9.17) is 14.4 Å². The standard InChI is InChI=1S/C8H9NO4/c1-8(3-12-4-8)6-2-5(7(10)11)9-13-6/h2H,3-4H2,1H3,(H,10,11). The molecule has 1 aromatic rings. The van der Waals surface area contributed by atoms with E-state index in [0.717, 1.165) is 0 Å². The van der Waals surface area contributed by atoms with Crippen LogP contribution in [0.5, 0.6) is 0 Å². The topological polar surface area (TPSA) is 72.6 Å². The lowest BCUT2D eigenvalue weighted by Crippen LogP contribution is -2.43. The summed E-state index contributed by atoms with van der Waals surface area (Å²) in [5, 5.41) is 12.0. The number of aromatic carboxylic acids is 1. The lowest BCUT2D eigenvalue weighted by molar-refractivity contribution is -0.0619. The van der Waals surface area contributed by atoms with Crippen LogP contribution in [-0.4, -0.2) is 29.4 Å². The quantitative estimate of drug-likeness (QED) is 0.729. The highest BCUT2D eigenvalue weighted by Gasteiger charge is 2.39. The van der Waals surface area contributed by atoms with E-state index in [0.29, 0.717) is 19.0 Å². The zero-order valence-corrected chi connectivity index (χ0v) is 7.11. The molecule has 0 bridgehead atoms. The van der Waals surface area contributed by atoms with Gasteiger partial charge in [-0.1, -0.05) is 5.16 Å². The molecule has 2 heterocycles. The van der Waals surface area contributed by atoms with Crippen molar-refractivity contribution in [3.05, 3.63) is 17.5 Å². The molecule has 1 N–H and O–H groups in total. The molecule has 0 spiro atoms. The number of hydrogen-bond acceptors (Lipinski definition) is 4. The lowest BCUT2D eigenvalue weighted by atomic mass is 9.86. The molecule has 1 aliphatic rings. The Hall–Kier alpha value is -1.36. The van der Waals surface area contributed by atoms with Crippen LogP contribution in [0.25, 0.3) is 0 Å². The highest BCUT2D eigenvalue weighted by Crippen LogP contribution is 2.31. The normalized spacial score (nSPS) is 19.5. The summed E-state index contributed by atoms with van der Waals surface area (Å²) >= 11 is 0. The number of rotatable bonds is 2. The number of carboxylic acid groups (broad SMARTS) is 1. The summed E-state index contributed by atoms with van der Waals surface area (Å²) in [5.74, 6) is -0.491. The van der Waals surface area contributed by atoms with E-state index in [1.54, 1.807) is 0 Å². The third-order valence-corrected chi connectivity index (χ3v) is 2.17. The Balaban J connectivity index is 2.27. The Morgan fingerprint density at radius 3 is 2.77 bits per heavy atom. The van der Waals surface area contributed by atoms with E-state index in [9.17, 15) is 4.79 Å². The molecule has 1 fully saturated rings. The molecule has 2 rings (SSSR count). The highest BCUT2D eigenvalue weighted by atomic mass is 16.5. The van der Waals surface area contributed by atoms with Crippen molar-refractivity contribution in [2.45, 2.75) is 12.3 Å². The number of carbonyl (C=O) groups is 1. The van der Waals surface area contributed by atoms with Gasteiger partial charge in [-0.2, -0.15) is 0 Å². The van der Waals surface area contributed by atoms with Gasteiger partial charge >= 0.3 is 5.97 Å². The largest absolute Gasteiger partial charge is 0.476 e. The first-order valence-electron chi connectivity index (χ1n) is 3.90. The van der Waals surface area contributed by atoms with Gasteiger partial charge < -0.3 is 14.4 Å². The second-order valence-corrected chi connectivity index (χ2v) is 3.44. The summed E-state index contributed by atoms with van der Waals surface area (Å²) in [6.45, 7) is 3.06. The smallest absolute Gasteiger partial charge is 0.358 e. The fraction of sp³-hybridized carbons (Fsp3) is 0.500. The van der Waals surface area contributed by atoms with E-state index in [1.807, 2.05) is 6.92 Å². The zero-order chi connectivity index (χ0) is 9.47. The summed E-state index contributed by atoms with van der Waals surface area (Å²) in [4.78, 5) is 10.5. The van der Waals surface area contributed by atoms with Crippen molar-refractivity contribution in [1.82, 2.24) is 5.16 Å². The number of hydrogen-bond donors (Lipinski definition) is 1. The van der Waals surface area contributed by atoms with Crippen LogP contribution in [0.1, 0.15) is 23.2 Å². The van der Waals surface area contributed by atoms with Crippen molar-refractivity contribution in [3.63, 3.8) is 0 Å². The first-order valence-corrected chi connectivity index (χ1v) is 3.90. The zero-order valence-electron chi connectivity index (χ0n) is 7.11. The van der Waals surface area contributed by atoms with Crippen LogP contribution in [0.15, 0.2) is 10.6 Å². The van der Waals surface area contributed by atoms with Gasteiger partial charge in [-0.05, 0) is 6.92 Å². The molecular formula is C8H9NO4. The van der Waals surface area contributed by atoms with Crippen molar-refractivity contribution in [2.24, 2.45) is 0 Å². The molecule has 1 aliphatic heterocycles. The van der Waals surface area contributed by atoms with E-state index in [2.05, 4.69) is 5.16 Å². The molecule has 0 aliphatic carbocycles. The van der Waals surface area contributed by atoms with E-state index in [-0.39, 0.29) is 11.1 Å². The Bertz CT molecular complexity index is 340. The molecule has 0 radical (unpaired) electrons. The SMILES string of the molecule is CC1(c2cc(C(=O)O)no2)COC1. The van der Waals surface area contributed by atoms with Crippen molar-refractivity contribution in [3.8, 4) is 0 Å². The van der Waals surface area contributed by atoms with Gasteiger partial charge in [-0.3, -0.25) is 0 Å². The van der Waals surface area contributed by atoms with Gasteiger partial charge in [0.05, 0.1) is 18.6 Å². The van der Waals surface area contributed by atoms with E-state index in [1.165, 1.54) is 6.07 Å². The number of nitrogens with zero attached hydrogens (tertiary/aromatic N) is 1. The Kier molecular flexibility index (Phi) is 1.63. The van der Waals surface area contributed by atoms with Crippen LogP contribution >= 0.6 is 0 Å². The van der Waals surface area contributed by atoms with E-state index >= 15 is 0 Å². The first-order chi connectivity index (χ1) is 6.12. The van der Waals surface area contributed by atoms with Gasteiger partial charge in [0.15, 0.2) is 5.69 Å². The number of carboxylic acids is 1. The highest BCUT2D eigenvalue weighted by molar-refractivity contribution is 5.85. The summed E-state index contributed by atoms with van der Waals surface area (Å²) in [7, 11) is 0. The second-order valence-electron chi connectivity index (χ2n) is 3.44. The maximum absolute atomic E-state index is 10.5. The van der Waals surface area contributed by atoms with Gasteiger partial charge in [-0.15, -0.1) is 0 Å². The number of aromatic nitrogens is 1. The number of ether oxygens (including phenoxy) is 1. The van der Waals surface area contributed by atoms with Crippen LogP contribution < -0.4 is 0 Å². The monoisotopic (exact) mass is 183 g/mol. The van der Waals surface area contributed by atoms with Gasteiger partial charge in [-0.25, -0.2) is 4.79 Å². The maximum atomic E-state index is 10.5. The van der Waals surface area contributed by atoms with Gasteiger partial charge in [0, 0.05) is 6.07 Å². The predicted molar refractivity (Wildman–Crippen MR) is 41.6 cm³/mol. The molecule has 0 saturated carbocycles. The Labute approximate surface area is 74.3 Å². The summed E-state index contributed by atoms with van der Waals surface area (Å²) in [6.07, 6.45) is 0. The fourth-order valence-electron chi connectivity index (χ4n) is 1.21. The molecule has 5 heteroatoms. The van der Waals surface area contributed by atoms with Crippen LogP contribution in [-0.2, 0) is 10.2 Å². The Morgan fingerprint density at radius 2 is 2.38 bits per heavy atom. The third-order valence-electron chi connectivity index (χ3n) is 2.17. The van der Waals surface area contributed by atoms with Crippen LogP contribution in [0.4, 0.5) is 0 Å². The molecule has 0 unspecified atom stereocenters. The average Bonchev–Trinajstić information content (AvgIpc) is 2.48. The lowest BCUT2D eigenvalue weighted by Gasteiger charge is -2.35. The molecule has 13 heavy (non-hydrogen) atoms. The summed E-state index contributed by atoms with van der Waals surface area (Å²) < 4.78 is 9.95. The van der Waals surface area contributed by atoms with Crippen LogP contribution in [0.3, 0.4) is 0 Å². The fourth-order valence-corrected chi connectivity index (χ4v) is 1.21. The van der Waals surface area contributed by atoms with Crippen molar-refractivity contribution < 1.29 is 19.2 Å². The van der Waals surface area contributed by atoms with Gasteiger partial charge in [0.1, 0.15) is 5.76 Å². The van der Waals surface area contributed by atoms with Crippen molar-refractivity contribution in [1.29, 1.82) is 0 Å². The predicted octanol–water partition coefficient (Wildman–Crippen LogP) is 0.661. The van der Waals surface area contributed by atoms with Crippen molar-refractivity contribution in [2.75, 3.05) is 13.2 Å². The molecule has 1 saturated heterocycles. The summed E-state index contributed by atoms with van der Waals surface area (Å²) in [5.41, 5.74) is -0.246. The minimum atomic E-state index is -1.07. The average molecular weight is 183 g/mol. The molecular weight excluding hydrogens is 174 g/mol. The minimum absolute atomic E-state index is 0.0527. The van der Waals surface area contributed by atoms with Gasteiger partial charge in [0.2, 0.25) is 0 Å². The molecule has 70 valence electrons. The minimum Gasteiger partial charge on any atom is -0.476 e. The molecule has 1 aromatic heterocycles. The second kappa shape index (κ2) is 2.56. The summed E-state index contributed by atoms with van der Waals surface area (Å²) in [6, 6.07) is 1.45. The molecule has 5 nitrogen and oxygen atoms in total. The van der Waals surface area contributed by atoms with E-state index < -0.39 is 5.97 Å². The molecule has 0 atom stereocenters. The maximum Gasteiger partial charge on any atom is 0.358 e. The Morgan fingerprint density at radius 1 is 1.69 bits per heavy atom. The third kappa shape index (κ3) is 1.21. The first kappa shape index (κ1) is 8.25. The van der Waals surface area contributed by atoms with Crippen LogP contribution in [0, 0.1) is 0 Å². The van der Waals surface area contributed by atoms with Crippen LogP contribution in [0.2, 0.25) is 0 Å². The van der Waals surface area contributed by atoms with Gasteiger partial charge in [0.25, 0.3) is 0 Å².